The van der Waals surface area contributed by atoms with E-state index in [1.807, 2.05) is 30.3 Å². The van der Waals surface area contributed by atoms with E-state index in [0.717, 1.165) is 12.0 Å². The second-order valence-corrected chi connectivity index (χ2v) is 7.62. The average Bonchev–Trinajstić information content (AvgIpc) is 2.53. The quantitative estimate of drug-likeness (QED) is 0.721. The van der Waals surface area contributed by atoms with Gasteiger partial charge in [-0.1, -0.05) is 30.3 Å². The van der Waals surface area contributed by atoms with Crippen molar-refractivity contribution in [3.63, 3.8) is 0 Å². The van der Waals surface area contributed by atoms with Crippen LogP contribution in [0.15, 0.2) is 51.7 Å². The molecular formula is C15H17O5PS. The van der Waals surface area contributed by atoms with Crippen molar-refractivity contribution in [1.29, 1.82) is 0 Å². The zero-order valence-electron chi connectivity index (χ0n) is 12.4. The molecule has 0 N–H and O–H groups in total. The van der Waals surface area contributed by atoms with Gasteiger partial charge in [0.1, 0.15) is 11.5 Å². The van der Waals surface area contributed by atoms with E-state index >= 15 is 0 Å². The Bertz CT molecular complexity index is 705. The number of aryl methyl sites for hydroxylation is 2. The number of hydrogen-bond acceptors (Lipinski definition) is 6. The van der Waals surface area contributed by atoms with Gasteiger partial charge in [0, 0.05) is 38.5 Å². The lowest BCUT2D eigenvalue weighted by Gasteiger charge is -2.18. The summed E-state index contributed by atoms with van der Waals surface area (Å²) in [6, 6.07) is 12.8. The van der Waals surface area contributed by atoms with E-state index in [1.54, 1.807) is 6.07 Å². The molecule has 1 aromatic carbocycles. The Balaban J connectivity index is 2.13. The van der Waals surface area contributed by atoms with Crippen molar-refractivity contribution >= 4 is 18.5 Å². The highest BCUT2D eigenvalue weighted by molar-refractivity contribution is 8.07. The molecule has 0 aliphatic carbocycles. The van der Waals surface area contributed by atoms with Gasteiger partial charge in [0.25, 0.3) is 0 Å². The first-order valence-electron chi connectivity index (χ1n) is 6.64. The first-order valence-corrected chi connectivity index (χ1v) is 9.19. The van der Waals surface area contributed by atoms with Crippen LogP contribution in [-0.4, -0.2) is 14.2 Å². The van der Waals surface area contributed by atoms with Gasteiger partial charge in [-0.05, 0) is 12.0 Å². The Kier molecular flexibility index (Phi) is 5.91. The predicted octanol–water partition coefficient (Wildman–Crippen LogP) is 3.32. The summed E-state index contributed by atoms with van der Waals surface area (Å²) in [7, 11) is 2.82. The molecule has 0 saturated carbocycles. The summed E-state index contributed by atoms with van der Waals surface area (Å²) in [5, 5.41) is 0. The molecule has 0 saturated heterocycles. The topological polar surface area (TPSA) is 57.9 Å². The highest BCUT2D eigenvalue weighted by Crippen LogP contribution is 2.47. The number of hydrogen-bond donors (Lipinski definition) is 0. The van der Waals surface area contributed by atoms with E-state index in [2.05, 4.69) is 0 Å². The Labute approximate surface area is 134 Å². The Morgan fingerprint density at radius 1 is 1.09 bits per heavy atom. The fraction of sp³-hybridized carbons (Fsp3) is 0.267. The largest absolute Gasteiger partial charge is 0.428 e. The Morgan fingerprint density at radius 2 is 1.77 bits per heavy atom. The van der Waals surface area contributed by atoms with Crippen LogP contribution in [0.25, 0.3) is 0 Å². The molecule has 0 bridgehead atoms. The molecule has 7 heteroatoms. The van der Waals surface area contributed by atoms with E-state index in [1.165, 1.54) is 20.3 Å². The van der Waals surface area contributed by atoms with E-state index in [9.17, 15) is 4.79 Å². The van der Waals surface area contributed by atoms with Crippen LogP contribution in [-0.2, 0) is 33.7 Å². The maximum atomic E-state index is 11.6. The van der Waals surface area contributed by atoms with E-state index in [0.29, 0.717) is 17.9 Å². The SMILES string of the molecule is COP(=S)(OC)Oc1cc(CCc2ccccc2)oc(=O)c1. The van der Waals surface area contributed by atoms with Crippen molar-refractivity contribution in [3.8, 4) is 5.75 Å². The second kappa shape index (κ2) is 7.70. The van der Waals surface area contributed by atoms with Gasteiger partial charge < -0.3 is 18.0 Å². The van der Waals surface area contributed by atoms with Crippen LogP contribution in [0.1, 0.15) is 11.3 Å². The summed E-state index contributed by atoms with van der Waals surface area (Å²) >= 11 is 5.13. The third-order valence-corrected chi connectivity index (χ3v) is 5.41. The molecule has 22 heavy (non-hydrogen) atoms. The maximum absolute atomic E-state index is 11.6. The molecule has 0 amide bonds. The van der Waals surface area contributed by atoms with Crippen molar-refractivity contribution in [1.82, 2.24) is 0 Å². The summed E-state index contributed by atoms with van der Waals surface area (Å²) in [5.74, 6) is 0.825. The third-order valence-electron chi connectivity index (χ3n) is 2.96. The van der Waals surface area contributed by atoms with Crippen LogP contribution in [0.2, 0.25) is 0 Å². The standard InChI is InChI=1S/C15H17O5PS/c1-17-21(22,18-2)20-14-10-13(19-15(16)11-14)9-8-12-6-4-3-5-7-12/h3-7,10-11H,8-9H2,1-2H3. The summed E-state index contributed by atoms with van der Waals surface area (Å²) < 4.78 is 20.8. The van der Waals surface area contributed by atoms with Crippen LogP contribution in [0.3, 0.4) is 0 Å². The highest BCUT2D eigenvalue weighted by Gasteiger charge is 2.19. The molecule has 0 spiro atoms. The minimum absolute atomic E-state index is 0.298. The fourth-order valence-electron chi connectivity index (χ4n) is 1.87. The van der Waals surface area contributed by atoms with Gasteiger partial charge in [0.05, 0.1) is 6.07 Å². The zero-order valence-corrected chi connectivity index (χ0v) is 14.1. The summed E-state index contributed by atoms with van der Waals surface area (Å²) in [6.07, 6.45) is 1.34. The lowest BCUT2D eigenvalue weighted by atomic mass is 10.1. The van der Waals surface area contributed by atoms with E-state index < -0.39 is 12.3 Å². The summed E-state index contributed by atoms with van der Waals surface area (Å²) in [6.45, 7) is -2.87. The van der Waals surface area contributed by atoms with Gasteiger partial charge in [0.2, 0.25) is 0 Å². The molecule has 2 aromatic rings. The molecule has 0 aliphatic heterocycles. The minimum atomic E-state index is -2.87. The summed E-state index contributed by atoms with van der Waals surface area (Å²) in [5.41, 5.74) is 0.671. The van der Waals surface area contributed by atoms with Gasteiger partial charge in [-0.15, -0.1) is 0 Å². The van der Waals surface area contributed by atoms with Crippen LogP contribution in [0.5, 0.6) is 5.75 Å². The van der Waals surface area contributed by atoms with Crippen LogP contribution in [0, 0.1) is 0 Å². The lowest BCUT2D eigenvalue weighted by molar-refractivity contribution is 0.272. The molecule has 118 valence electrons. The van der Waals surface area contributed by atoms with E-state index in [4.69, 9.17) is 29.8 Å². The molecule has 1 heterocycles. The summed E-state index contributed by atoms with van der Waals surface area (Å²) in [4.78, 5) is 11.6. The number of benzene rings is 1. The second-order valence-electron chi connectivity index (χ2n) is 4.47. The van der Waals surface area contributed by atoms with Gasteiger partial charge in [-0.2, -0.15) is 0 Å². The van der Waals surface area contributed by atoms with Gasteiger partial charge >= 0.3 is 12.3 Å². The molecule has 0 radical (unpaired) electrons. The van der Waals surface area contributed by atoms with E-state index in [-0.39, 0.29) is 0 Å². The Hall–Kier alpha value is -1.46. The molecule has 0 unspecified atom stereocenters. The fourth-order valence-corrected chi connectivity index (χ4v) is 2.79. The lowest BCUT2D eigenvalue weighted by Crippen LogP contribution is -2.04. The van der Waals surface area contributed by atoms with Crippen molar-refractivity contribution in [2.24, 2.45) is 0 Å². The van der Waals surface area contributed by atoms with Gasteiger partial charge in [0.15, 0.2) is 0 Å². The Morgan fingerprint density at radius 3 is 2.41 bits per heavy atom. The highest BCUT2D eigenvalue weighted by atomic mass is 32.5. The third kappa shape index (κ3) is 4.78. The van der Waals surface area contributed by atoms with Crippen molar-refractivity contribution < 1.29 is 18.0 Å². The van der Waals surface area contributed by atoms with Crippen LogP contribution >= 0.6 is 6.72 Å². The molecule has 1 aromatic heterocycles. The van der Waals surface area contributed by atoms with Crippen LogP contribution in [0.4, 0.5) is 0 Å². The normalized spacial score (nSPS) is 11.4. The first-order chi connectivity index (χ1) is 10.5. The minimum Gasteiger partial charge on any atom is -0.428 e. The predicted molar refractivity (Wildman–Crippen MR) is 87.8 cm³/mol. The van der Waals surface area contributed by atoms with Gasteiger partial charge in [-0.3, -0.25) is 0 Å². The molecule has 0 fully saturated rings. The molecular weight excluding hydrogens is 323 g/mol. The van der Waals surface area contributed by atoms with Crippen molar-refractivity contribution in [3.05, 3.63) is 64.2 Å². The maximum Gasteiger partial charge on any atom is 0.380 e. The van der Waals surface area contributed by atoms with Crippen molar-refractivity contribution in [2.45, 2.75) is 12.8 Å². The molecule has 0 atom stereocenters. The number of rotatable bonds is 7. The average molecular weight is 340 g/mol. The molecule has 5 nitrogen and oxygen atoms in total. The molecule has 2 rings (SSSR count). The first kappa shape index (κ1) is 16.9. The monoisotopic (exact) mass is 340 g/mol. The van der Waals surface area contributed by atoms with Gasteiger partial charge in [-0.25, -0.2) is 4.79 Å². The molecule has 0 aliphatic rings. The van der Waals surface area contributed by atoms with Crippen molar-refractivity contribution in [2.75, 3.05) is 14.2 Å². The zero-order chi connectivity index (χ0) is 16.0. The smallest absolute Gasteiger partial charge is 0.380 e. The van der Waals surface area contributed by atoms with Crippen LogP contribution < -0.4 is 10.1 Å².